The molecule has 45 heavy (non-hydrogen) atoms. The molecule has 7 aromatic carbocycles. The van der Waals surface area contributed by atoms with Crippen LogP contribution in [0, 0.1) is 0 Å². The molecule has 2 aliphatic heterocycles. The first-order chi connectivity index (χ1) is 21.9. The van der Waals surface area contributed by atoms with Gasteiger partial charge in [-0.05, 0) is 111 Å². The average Bonchev–Trinajstić information content (AvgIpc) is 3.06. The van der Waals surface area contributed by atoms with Gasteiger partial charge in [0.2, 0.25) is 0 Å². The van der Waals surface area contributed by atoms with Crippen LogP contribution in [0.25, 0.3) is 43.1 Å². The number of imide groups is 2. The van der Waals surface area contributed by atoms with E-state index in [0.29, 0.717) is 44.4 Å². The molecule has 4 amide bonds. The largest absolute Gasteiger partial charge is 0.268 e. The Morgan fingerprint density at radius 1 is 0.444 bits per heavy atom. The Morgan fingerprint density at radius 2 is 0.778 bits per heavy atom. The Bertz CT molecular complexity index is 2380. The lowest BCUT2D eigenvalue weighted by Crippen LogP contribution is -2.40. The van der Waals surface area contributed by atoms with Gasteiger partial charge in [-0.2, -0.15) is 0 Å². The van der Waals surface area contributed by atoms with E-state index in [2.05, 4.69) is 12.6 Å². The van der Waals surface area contributed by atoms with Crippen molar-refractivity contribution in [2.75, 3.05) is 16.1 Å². The number of anilines is 2. The summed E-state index contributed by atoms with van der Waals surface area (Å²) in [7, 11) is 0. The van der Waals surface area contributed by atoms with E-state index in [-0.39, 0.29) is 23.6 Å². The molecule has 8 heteroatoms. The SMILES string of the molecule is CSc1ccc(N2C(=O)c3ccc4c5ccc6c7c(ccc(c8ccc(c3c48)C2=O)c75)C(=O)N(c2ccc(S)cc2)C6=O)cc1. The molecule has 0 aliphatic carbocycles. The molecular weight excluding hydrogens is 601 g/mol. The first-order valence-electron chi connectivity index (χ1n) is 14.3. The second kappa shape index (κ2) is 9.17. The molecule has 0 atom stereocenters. The summed E-state index contributed by atoms with van der Waals surface area (Å²) in [5.41, 5.74) is 2.82. The Kier molecular flexibility index (Phi) is 5.35. The fourth-order valence-corrected chi connectivity index (χ4v) is 7.63. The van der Waals surface area contributed by atoms with Gasteiger partial charge in [0.05, 0.1) is 11.4 Å². The minimum absolute atomic E-state index is 0.369. The molecule has 9 rings (SSSR count). The lowest BCUT2D eigenvalue weighted by Gasteiger charge is -2.30. The molecule has 0 aromatic heterocycles. The van der Waals surface area contributed by atoms with E-state index in [1.165, 1.54) is 9.80 Å². The molecule has 2 heterocycles. The van der Waals surface area contributed by atoms with Gasteiger partial charge in [0.15, 0.2) is 0 Å². The lowest BCUT2D eigenvalue weighted by molar-refractivity contribution is 0.0877. The second-order valence-electron chi connectivity index (χ2n) is 11.2. The molecule has 0 saturated heterocycles. The quantitative estimate of drug-likeness (QED) is 0.0707. The van der Waals surface area contributed by atoms with Crippen LogP contribution in [0.4, 0.5) is 11.4 Å². The highest BCUT2D eigenvalue weighted by Crippen LogP contribution is 2.47. The number of carbonyl (C=O) groups is 4. The van der Waals surface area contributed by atoms with Crippen LogP contribution < -0.4 is 9.80 Å². The van der Waals surface area contributed by atoms with Gasteiger partial charge in [0.1, 0.15) is 0 Å². The summed E-state index contributed by atoms with van der Waals surface area (Å²) < 4.78 is 0. The van der Waals surface area contributed by atoms with Crippen LogP contribution in [0.3, 0.4) is 0 Å². The molecule has 6 nitrogen and oxygen atoms in total. The third kappa shape index (κ3) is 3.38. The van der Waals surface area contributed by atoms with Crippen molar-refractivity contribution in [2.45, 2.75) is 9.79 Å². The van der Waals surface area contributed by atoms with Crippen LogP contribution in [-0.2, 0) is 0 Å². The summed E-state index contributed by atoms with van der Waals surface area (Å²) in [4.78, 5) is 59.8. The molecule has 0 N–H and O–H groups in total. The van der Waals surface area contributed by atoms with Gasteiger partial charge in [-0.1, -0.05) is 24.3 Å². The predicted molar refractivity (Wildman–Crippen MR) is 182 cm³/mol. The highest BCUT2D eigenvalue weighted by atomic mass is 32.2. The summed E-state index contributed by atoms with van der Waals surface area (Å²) >= 11 is 5.93. The van der Waals surface area contributed by atoms with Gasteiger partial charge in [0.25, 0.3) is 23.6 Å². The number of hydrogen-bond donors (Lipinski definition) is 1. The van der Waals surface area contributed by atoms with Gasteiger partial charge in [0, 0.05) is 42.8 Å². The Hall–Kier alpha value is -5.18. The van der Waals surface area contributed by atoms with Crippen molar-refractivity contribution in [3.63, 3.8) is 0 Å². The van der Waals surface area contributed by atoms with Gasteiger partial charge < -0.3 is 0 Å². The minimum Gasteiger partial charge on any atom is -0.268 e. The van der Waals surface area contributed by atoms with Crippen LogP contribution in [0.1, 0.15) is 41.4 Å². The number of thiol groups is 1. The van der Waals surface area contributed by atoms with E-state index in [1.54, 1.807) is 72.4 Å². The normalized spacial score (nSPS) is 14.6. The van der Waals surface area contributed by atoms with Crippen molar-refractivity contribution >= 4 is 102 Å². The number of nitrogens with zero attached hydrogens (tertiary/aromatic N) is 2. The number of thioether (sulfide) groups is 1. The van der Waals surface area contributed by atoms with Crippen molar-refractivity contribution in [2.24, 2.45) is 0 Å². The van der Waals surface area contributed by atoms with Crippen molar-refractivity contribution < 1.29 is 19.2 Å². The molecular formula is C37H20N2O4S2. The monoisotopic (exact) mass is 620 g/mol. The van der Waals surface area contributed by atoms with E-state index in [9.17, 15) is 19.2 Å². The minimum atomic E-state index is -0.388. The average molecular weight is 621 g/mol. The molecule has 0 saturated carbocycles. The van der Waals surface area contributed by atoms with Crippen molar-refractivity contribution in [1.29, 1.82) is 0 Å². The van der Waals surface area contributed by atoms with Gasteiger partial charge in [-0.3, -0.25) is 19.2 Å². The van der Waals surface area contributed by atoms with Crippen molar-refractivity contribution in [3.05, 3.63) is 119 Å². The van der Waals surface area contributed by atoms with Crippen molar-refractivity contribution in [1.82, 2.24) is 0 Å². The zero-order chi connectivity index (χ0) is 30.7. The van der Waals surface area contributed by atoms with Crippen LogP contribution in [0.15, 0.2) is 107 Å². The fraction of sp³-hybridized carbons (Fsp3) is 0.0270. The van der Waals surface area contributed by atoms with E-state index >= 15 is 0 Å². The summed E-state index contributed by atoms with van der Waals surface area (Å²) in [5, 5.41) is 6.29. The molecule has 0 fully saturated rings. The van der Waals surface area contributed by atoms with Gasteiger partial charge >= 0.3 is 0 Å². The number of rotatable bonds is 3. The highest BCUT2D eigenvalue weighted by Gasteiger charge is 2.37. The molecule has 2 aliphatic rings. The maximum Gasteiger partial charge on any atom is 0.265 e. The maximum absolute atomic E-state index is 13.9. The fourth-order valence-electron chi connectivity index (χ4n) is 7.07. The summed E-state index contributed by atoms with van der Waals surface area (Å²) in [6.45, 7) is 0. The number of hydrogen-bond acceptors (Lipinski definition) is 6. The van der Waals surface area contributed by atoms with Crippen LogP contribution in [0.2, 0.25) is 0 Å². The molecule has 0 bridgehead atoms. The summed E-state index contributed by atoms with van der Waals surface area (Å²) in [6.07, 6.45) is 1.97. The van der Waals surface area contributed by atoms with Crippen LogP contribution in [-0.4, -0.2) is 29.9 Å². The third-order valence-corrected chi connectivity index (χ3v) is 10.1. The smallest absolute Gasteiger partial charge is 0.265 e. The zero-order valence-electron chi connectivity index (χ0n) is 23.6. The zero-order valence-corrected chi connectivity index (χ0v) is 25.3. The Balaban J connectivity index is 1.29. The van der Waals surface area contributed by atoms with E-state index in [4.69, 9.17) is 0 Å². The van der Waals surface area contributed by atoms with E-state index in [0.717, 1.165) is 42.1 Å². The molecule has 7 aromatic rings. The highest BCUT2D eigenvalue weighted by molar-refractivity contribution is 7.98. The number of fused-ring (bicyclic) bond motifs is 2. The summed E-state index contributed by atoms with van der Waals surface area (Å²) in [6, 6.07) is 29.1. The number of amides is 4. The summed E-state index contributed by atoms with van der Waals surface area (Å²) in [5.74, 6) is -1.51. The number of benzene rings is 7. The molecule has 0 radical (unpaired) electrons. The molecule has 0 spiro atoms. The Morgan fingerprint density at radius 3 is 1.11 bits per heavy atom. The third-order valence-electron chi connectivity index (χ3n) is 9.07. The maximum atomic E-state index is 13.9. The standard InChI is InChI=1S/C37H20N2O4S2/c1-45-21-8-4-19(5-9-21)39-36(42)28-16-12-24-22-10-14-26-32-27(35(41)38(34(26)40)18-2-6-20(44)7-3-18)15-11-23(30(22)32)25-13-17-29(37(39)43)33(28)31(24)25/h2-17,44H,1H3. The van der Waals surface area contributed by atoms with Crippen molar-refractivity contribution in [3.8, 4) is 0 Å². The molecule has 214 valence electrons. The second-order valence-corrected chi connectivity index (χ2v) is 12.6. The van der Waals surface area contributed by atoms with E-state index < -0.39 is 0 Å². The molecule has 0 unspecified atom stereocenters. The van der Waals surface area contributed by atoms with Gasteiger partial charge in [-0.15, -0.1) is 24.4 Å². The van der Waals surface area contributed by atoms with Crippen LogP contribution >= 0.6 is 24.4 Å². The predicted octanol–water partition coefficient (Wildman–Crippen LogP) is 8.35. The first kappa shape index (κ1) is 26.2. The van der Waals surface area contributed by atoms with E-state index in [1.807, 2.05) is 42.7 Å². The van der Waals surface area contributed by atoms with Crippen LogP contribution in [0.5, 0.6) is 0 Å². The lowest BCUT2D eigenvalue weighted by atomic mass is 9.82. The number of carbonyl (C=O) groups excluding carboxylic acids is 4. The van der Waals surface area contributed by atoms with Gasteiger partial charge in [-0.25, -0.2) is 9.80 Å². The Labute approximate surface area is 266 Å². The topological polar surface area (TPSA) is 74.8 Å². The first-order valence-corrected chi connectivity index (χ1v) is 16.0.